The zero-order valence-corrected chi connectivity index (χ0v) is 8.16. The van der Waals surface area contributed by atoms with Crippen molar-refractivity contribution >= 4 is 11.6 Å². The molecule has 3 nitrogen and oxygen atoms in total. The van der Waals surface area contributed by atoms with Gasteiger partial charge in [0.05, 0.1) is 6.20 Å². The molecular formula is C9H7ClFN3. The average Bonchev–Trinajstić information content (AvgIpc) is 2.48. The number of aromatic nitrogens is 3. The lowest BCUT2D eigenvalue weighted by Crippen LogP contribution is -1.97. The number of hydrogen-bond acceptors (Lipinski definition) is 2. The van der Waals surface area contributed by atoms with Crippen molar-refractivity contribution in [3.63, 3.8) is 0 Å². The van der Waals surface area contributed by atoms with Gasteiger partial charge in [-0.2, -0.15) is 5.10 Å². The highest BCUT2D eigenvalue weighted by atomic mass is 35.5. The highest BCUT2D eigenvalue weighted by Crippen LogP contribution is 2.13. The van der Waals surface area contributed by atoms with Crippen LogP contribution >= 0.6 is 11.6 Å². The van der Waals surface area contributed by atoms with E-state index in [1.165, 1.54) is 10.9 Å². The zero-order valence-electron chi connectivity index (χ0n) is 7.41. The second-order valence-electron chi connectivity index (χ2n) is 2.91. The summed E-state index contributed by atoms with van der Waals surface area (Å²) in [6.07, 6.45) is 2.88. The molecule has 5 heteroatoms. The first-order valence-electron chi connectivity index (χ1n) is 4.00. The van der Waals surface area contributed by atoms with E-state index in [1.807, 2.05) is 13.0 Å². The molecule has 2 rings (SSSR count). The van der Waals surface area contributed by atoms with Gasteiger partial charge in [0.25, 0.3) is 0 Å². The Hall–Kier alpha value is -1.42. The maximum absolute atomic E-state index is 12.9. The molecule has 0 spiro atoms. The molecule has 0 N–H and O–H groups in total. The van der Waals surface area contributed by atoms with Crippen LogP contribution in [0.25, 0.3) is 5.82 Å². The van der Waals surface area contributed by atoms with Gasteiger partial charge in [-0.3, -0.25) is 0 Å². The van der Waals surface area contributed by atoms with Gasteiger partial charge in [-0.25, -0.2) is 14.1 Å². The average molecular weight is 212 g/mol. The summed E-state index contributed by atoms with van der Waals surface area (Å²) in [5.74, 6) is -0.00422. The van der Waals surface area contributed by atoms with Crippen LogP contribution in [0, 0.1) is 12.7 Å². The van der Waals surface area contributed by atoms with Crippen LogP contribution in [0.3, 0.4) is 0 Å². The molecule has 0 aliphatic carbocycles. The van der Waals surface area contributed by atoms with Gasteiger partial charge in [-0.05, 0) is 18.6 Å². The summed E-state index contributed by atoms with van der Waals surface area (Å²) < 4.78 is 14.2. The molecule has 14 heavy (non-hydrogen) atoms. The van der Waals surface area contributed by atoms with Crippen LogP contribution in [-0.4, -0.2) is 14.8 Å². The standard InChI is InChI=1S/C9H7ClFN3/c1-6-2-3-8(12-4-6)14-5-7(11)9(10)13-14/h2-5H,1H3. The molecule has 0 aliphatic heterocycles. The fourth-order valence-corrected chi connectivity index (χ4v) is 1.17. The van der Waals surface area contributed by atoms with E-state index in [9.17, 15) is 4.39 Å². The Kier molecular flexibility index (Phi) is 2.21. The predicted molar refractivity (Wildman–Crippen MR) is 51.1 cm³/mol. The topological polar surface area (TPSA) is 30.7 Å². The summed E-state index contributed by atoms with van der Waals surface area (Å²) >= 11 is 5.48. The molecule has 0 atom stereocenters. The van der Waals surface area contributed by atoms with Crippen LogP contribution in [0.1, 0.15) is 5.56 Å². The summed E-state index contributed by atoms with van der Waals surface area (Å²) in [6, 6.07) is 3.62. The smallest absolute Gasteiger partial charge is 0.187 e. The van der Waals surface area contributed by atoms with Gasteiger partial charge in [0.15, 0.2) is 16.8 Å². The summed E-state index contributed by atoms with van der Waals surface area (Å²) in [6.45, 7) is 1.92. The number of halogens is 2. The molecule has 0 aliphatic rings. The van der Waals surface area contributed by atoms with E-state index in [0.717, 1.165) is 5.56 Å². The molecule has 0 aromatic carbocycles. The van der Waals surface area contributed by atoms with Crippen LogP contribution < -0.4 is 0 Å². The molecule has 0 radical (unpaired) electrons. The first-order chi connectivity index (χ1) is 6.66. The fourth-order valence-electron chi connectivity index (χ4n) is 1.04. The Balaban J connectivity index is 2.44. The van der Waals surface area contributed by atoms with Crippen molar-refractivity contribution in [2.75, 3.05) is 0 Å². The Morgan fingerprint density at radius 2 is 2.21 bits per heavy atom. The summed E-state index contributed by atoms with van der Waals surface area (Å²) in [5.41, 5.74) is 1.03. The minimum atomic E-state index is -0.547. The van der Waals surface area contributed by atoms with E-state index >= 15 is 0 Å². The third kappa shape index (κ3) is 1.61. The molecule has 0 unspecified atom stereocenters. The summed E-state index contributed by atoms with van der Waals surface area (Å²) in [5, 5.41) is 3.61. The minimum Gasteiger partial charge on any atom is -0.237 e. The Labute approximate surface area is 85.1 Å². The SMILES string of the molecule is Cc1ccc(-n2cc(F)c(Cl)n2)nc1. The lowest BCUT2D eigenvalue weighted by molar-refractivity contribution is 0.627. The van der Waals surface area contributed by atoms with E-state index in [4.69, 9.17) is 11.6 Å². The van der Waals surface area contributed by atoms with Gasteiger partial charge >= 0.3 is 0 Å². The van der Waals surface area contributed by atoms with E-state index in [0.29, 0.717) is 5.82 Å². The Morgan fingerprint density at radius 3 is 2.71 bits per heavy atom. The number of hydrogen-bond donors (Lipinski definition) is 0. The Bertz CT molecular complexity index is 430. The van der Waals surface area contributed by atoms with Gasteiger partial charge in [0.2, 0.25) is 0 Å². The molecule has 0 saturated heterocycles. The molecule has 2 aromatic heterocycles. The number of rotatable bonds is 1. The van der Waals surface area contributed by atoms with Gasteiger partial charge in [0.1, 0.15) is 0 Å². The second-order valence-corrected chi connectivity index (χ2v) is 3.26. The van der Waals surface area contributed by atoms with Gasteiger partial charge in [0, 0.05) is 6.20 Å². The first-order valence-corrected chi connectivity index (χ1v) is 4.38. The van der Waals surface area contributed by atoms with Crippen molar-refractivity contribution in [3.8, 4) is 5.82 Å². The van der Waals surface area contributed by atoms with Crippen LogP contribution in [-0.2, 0) is 0 Å². The number of nitrogens with zero attached hydrogens (tertiary/aromatic N) is 3. The predicted octanol–water partition coefficient (Wildman–Crippen LogP) is 2.37. The quantitative estimate of drug-likeness (QED) is 0.725. The zero-order chi connectivity index (χ0) is 10.1. The Morgan fingerprint density at radius 1 is 1.43 bits per heavy atom. The number of pyridine rings is 1. The van der Waals surface area contributed by atoms with Gasteiger partial charge in [-0.1, -0.05) is 17.7 Å². The van der Waals surface area contributed by atoms with E-state index in [-0.39, 0.29) is 5.15 Å². The molecular weight excluding hydrogens is 205 g/mol. The van der Waals surface area contributed by atoms with Crippen LogP contribution in [0.4, 0.5) is 4.39 Å². The largest absolute Gasteiger partial charge is 0.237 e. The fraction of sp³-hybridized carbons (Fsp3) is 0.111. The van der Waals surface area contributed by atoms with E-state index in [1.54, 1.807) is 12.3 Å². The van der Waals surface area contributed by atoms with E-state index in [2.05, 4.69) is 10.1 Å². The normalized spacial score (nSPS) is 10.5. The van der Waals surface area contributed by atoms with Crippen molar-refractivity contribution in [3.05, 3.63) is 41.1 Å². The lowest BCUT2D eigenvalue weighted by atomic mass is 10.3. The highest BCUT2D eigenvalue weighted by Gasteiger charge is 2.07. The minimum absolute atomic E-state index is 0.146. The van der Waals surface area contributed by atoms with Gasteiger partial charge < -0.3 is 0 Å². The summed E-state index contributed by atoms with van der Waals surface area (Å²) in [7, 11) is 0. The lowest BCUT2D eigenvalue weighted by Gasteiger charge is -1.98. The monoisotopic (exact) mass is 211 g/mol. The summed E-state index contributed by atoms with van der Waals surface area (Å²) in [4.78, 5) is 4.08. The van der Waals surface area contributed by atoms with E-state index < -0.39 is 5.82 Å². The van der Waals surface area contributed by atoms with Crippen LogP contribution in [0.2, 0.25) is 5.15 Å². The number of aryl methyl sites for hydroxylation is 1. The van der Waals surface area contributed by atoms with Crippen molar-refractivity contribution in [2.45, 2.75) is 6.92 Å². The molecule has 0 bridgehead atoms. The maximum Gasteiger partial charge on any atom is 0.187 e. The van der Waals surface area contributed by atoms with Crippen molar-refractivity contribution in [1.82, 2.24) is 14.8 Å². The van der Waals surface area contributed by atoms with Crippen molar-refractivity contribution in [2.24, 2.45) is 0 Å². The maximum atomic E-state index is 12.9. The molecule has 2 heterocycles. The van der Waals surface area contributed by atoms with Crippen LogP contribution in [0.5, 0.6) is 0 Å². The highest BCUT2D eigenvalue weighted by molar-refractivity contribution is 6.29. The van der Waals surface area contributed by atoms with Gasteiger partial charge in [-0.15, -0.1) is 0 Å². The molecule has 0 amide bonds. The van der Waals surface area contributed by atoms with Crippen molar-refractivity contribution in [1.29, 1.82) is 0 Å². The molecule has 2 aromatic rings. The molecule has 0 fully saturated rings. The molecule has 72 valence electrons. The second kappa shape index (κ2) is 3.38. The van der Waals surface area contributed by atoms with Crippen molar-refractivity contribution < 1.29 is 4.39 Å². The van der Waals surface area contributed by atoms with Crippen LogP contribution in [0.15, 0.2) is 24.5 Å². The first kappa shape index (κ1) is 9.15. The molecule has 0 saturated carbocycles. The third-order valence-electron chi connectivity index (χ3n) is 1.76. The third-order valence-corrected chi connectivity index (χ3v) is 2.01.